The predicted octanol–water partition coefficient (Wildman–Crippen LogP) is 5.49. The van der Waals surface area contributed by atoms with Crippen LogP contribution in [0.2, 0.25) is 0 Å². The van der Waals surface area contributed by atoms with Gasteiger partial charge >= 0.3 is 8.80 Å². The van der Waals surface area contributed by atoms with Gasteiger partial charge in [0.25, 0.3) is 0 Å². The van der Waals surface area contributed by atoms with E-state index in [1.54, 1.807) is 0 Å². The first-order chi connectivity index (χ1) is 11.6. The van der Waals surface area contributed by atoms with Gasteiger partial charge in [0, 0.05) is 32.1 Å². The molecule has 24 heavy (non-hydrogen) atoms. The van der Waals surface area contributed by atoms with E-state index < -0.39 is 8.80 Å². The molecular formula is C18H30I2O3Si. The van der Waals surface area contributed by atoms with E-state index in [0.717, 1.165) is 43.7 Å². The first-order valence-electron chi connectivity index (χ1n) is 8.97. The molecule has 0 atom stereocenters. The van der Waals surface area contributed by atoms with Crippen molar-refractivity contribution < 1.29 is 13.3 Å². The predicted molar refractivity (Wildman–Crippen MR) is 120 cm³/mol. The van der Waals surface area contributed by atoms with E-state index in [9.17, 15) is 0 Å². The van der Waals surface area contributed by atoms with Gasteiger partial charge in [-0.1, -0.05) is 46.1 Å². The summed E-state index contributed by atoms with van der Waals surface area (Å²) in [7, 11) is -2.89. The Bertz CT molecular complexity index is 425. The molecule has 0 saturated carbocycles. The second-order valence-corrected chi connectivity index (χ2v) is 10.6. The van der Waals surface area contributed by atoms with E-state index in [2.05, 4.69) is 84.2 Å². The summed E-state index contributed by atoms with van der Waals surface area (Å²) in [4.78, 5) is 0. The topological polar surface area (TPSA) is 27.7 Å². The number of hydrogen-bond acceptors (Lipinski definition) is 3. The Hall–Kier alpha value is 0.777. The van der Waals surface area contributed by atoms with Crippen LogP contribution in [-0.2, 0) is 13.3 Å². The maximum Gasteiger partial charge on any atom is 0.539 e. The summed E-state index contributed by atoms with van der Waals surface area (Å²) in [6.45, 7) is 8.63. The minimum absolute atomic E-state index is 0.696. The van der Waals surface area contributed by atoms with E-state index >= 15 is 0 Å². The van der Waals surface area contributed by atoms with Crippen molar-refractivity contribution in [3.8, 4) is 0 Å². The van der Waals surface area contributed by atoms with Gasteiger partial charge in [-0.3, -0.25) is 0 Å². The minimum Gasteiger partial charge on any atom is -0.370 e. The van der Waals surface area contributed by atoms with Crippen molar-refractivity contribution in [3.63, 3.8) is 0 Å². The van der Waals surface area contributed by atoms with Gasteiger partial charge in [0.05, 0.1) is 0 Å². The van der Waals surface area contributed by atoms with Crippen LogP contribution in [-0.4, -0.2) is 28.6 Å². The Morgan fingerprint density at radius 3 is 1.46 bits per heavy atom. The third-order valence-corrected chi connectivity index (χ3v) is 9.36. The SMILES string of the molecule is CCCCO[Si](OCCCC)(OCCCC)c1c(I)cccc1I. The van der Waals surface area contributed by atoms with Crippen LogP contribution in [0.5, 0.6) is 0 Å². The zero-order valence-electron chi connectivity index (χ0n) is 15.1. The molecule has 1 aromatic carbocycles. The quantitative estimate of drug-likeness (QED) is 0.177. The standard InChI is InChI=1S/C18H30I2O3Si/c1-4-7-13-21-24(22-14-8-5-2,23-15-9-6-3)18-16(19)11-10-12-17(18)20/h10-12H,4-9,13-15H2,1-3H3. The molecule has 3 nitrogen and oxygen atoms in total. The summed E-state index contributed by atoms with van der Waals surface area (Å²) in [5.74, 6) is 0. The van der Waals surface area contributed by atoms with E-state index in [1.165, 1.54) is 7.14 Å². The van der Waals surface area contributed by atoms with E-state index in [1.807, 2.05) is 0 Å². The summed E-state index contributed by atoms with van der Waals surface area (Å²) in [6, 6.07) is 6.32. The molecule has 1 rings (SSSR count). The molecule has 0 spiro atoms. The van der Waals surface area contributed by atoms with Crippen molar-refractivity contribution in [1.29, 1.82) is 0 Å². The van der Waals surface area contributed by atoms with Gasteiger partial charge in [-0.2, -0.15) is 0 Å². The highest BCUT2D eigenvalue weighted by Gasteiger charge is 2.46. The second-order valence-electron chi connectivity index (χ2n) is 5.76. The van der Waals surface area contributed by atoms with Gasteiger partial charge < -0.3 is 13.3 Å². The van der Waals surface area contributed by atoms with Crippen molar-refractivity contribution in [2.24, 2.45) is 0 Å². The normalized spacial score (nSPS) is 11.9. The monoisotopic (exact) mass is 576 g/mol. The molecule has 6 heteroatoms. The fraction of sp³-hybridized carbons (Fsp3) is 0.667. The first kappa shape index (κ1) is 22.8. The van der Waals surface area contributed by atoms with Gasteiger partial charge in [0.15, 0.2) is 0 Å². The Kier molecular flexibility index (Phi) is 12.4. The molecule has 0 saturated heterocycles. The molecule has 0 aliphatic heterocycles. The Labute approximate surface area is 175 Å². The highest BCUT2D eigenvalue weighted by Crippen LogP contribution is 2.20. The Balaban J connectivity index is 3.15. The highest BCUT2D eigenvalue weighted by atomic mass is 127. The van der Waals surface area contributed by atoms with E-state index in [-0.39, 0.29) is 0 Å². The molecule has 138 valence electrons. The zero-order valence-corrected chi connectivity index (χ0v) is 20.4. The number of unbranched alkanes of at least 4 members (excludes halogenated alkanes) is 3. The van der Waals surface area contributed by atoms with E-state index in [4.69, 9.17) is 13.3 Å². The maximum absolute atomic E-state index is 6.40. The second kappa shape index (κ2) is 13.0. The molecule has 0 heterocycles. The van der Waals surface area contributed by atoms with Gasteiger partial charge in [-0.15, -0.1) is 0 Å². The molecule has 0 radical (unpaired) electrons. The van der Waals surface area contributed by atoms with Crippen molar-refractivity contribution in [2.45, 2.75) is 59.3 Å². The Morgan fingerprint density at radius 2 is 1.12 bits per heavy atom. The average molecular weight is 576 g/mol. The lowest BCUT2D eigenvalue weighted by Gasteiger charge is -2.31. The smallest absolute Gasteiger partial charge is 0.370 e. The lowest BCUT2D eigenvalue weighted by molar-refractivity contribution is 0.0697. The third kappa shape index (κ3) is 7.18. The molecule has 0 aromatic heterocycles. The molecule has 0 amide bonds. The lowest BCUT2D eigenvalue weighted by Crippen LogP contribution is -2.59. The number of hydrogen-bond donors (Lipinski definition) is 0. The van der Waals surface area contributed by atoms with Gasteiger partial charge in [-0.25, -0.2) is 0 Å². The maximum atomic E-state index is 6.40. The van der Waals surface area contributed by atoms with Crippen molar-refractivity contribution in [2.75, 3.05) is 19.8 Å². The van der Waals surface area contributed by atoms with Crippen LogP contribution >= 0.6 is 45.2 Å². The van der Waals surface area contributed by atoms with Crippen LogP contribution < -0.4 is 5.19 Å². The van der Waals surface area contributed by atoms with Crippen LogP contribution in [0.25, 0.3) is 0 Å². The summed E-state index contributed by atoms with van der Waals surface area (Å²) < 4.78 is 21.5. The molecule has 0 aliphatic carbocycles. The van der Waals surface area contributed by atoms with Crippen LogP contribution in [0, 0.1) is 7.14 Å². The Morgan fingerprint density at radius 1 is 0.750 bits per heavy atom. The van der Waals surface area contributed by atoms with Crippen molar-refractivity contribution in [3.05, 3.63) is 25.3 Å². The summed E-state index contributed by atoms with van der Waals surface area (Å²) in [5, 5.41) is 1.15. The van der Waals surface area contributed by atoms with Gasteiger partial charge in [0.1, 0.15) is 0 Å². The fourth-order valence-electron chi connectivity index (χ4n) is 2.18. The molecule has 0 fully saturated rings. The lowest BCUT2D eigenvalue weighted by atomic mass is 10.4. The number of benzene rings is 1. The summed E-state index contributed by atoms with van der Waals surface area (Å²) in [5.41, 5.74) is 0. The van der Waals surface area contributed by atoms with Gasteiger partial charge in [0.2, 0.25) is 0 Å². The molecule has 0 bridgehead atoms. The molecule has 1 aromatic rings. The summed E-state index contributed by atoms with van der Waals surface area (Å²) >= 11 is 4.77. The zero-order chi connectivity index (χ0) is 17.8. The van der Waals surface area contributed by atoms with Crippen LogP contribution in [0.15, 0.2) is 18.2 Å². The third-order valence-electron chi connectivity index (χ3n) is 3.64. The average Bonchev–Trinajstić information content (AvgIpc) is 2.55. The molecule has 0 N–H and O–H groups in total. The van der Waals surface area contributed by atoms with Crippen molar-refractivity contribution in [1.82, 2.24) is 0 Å². The van der Waals surface area contributed by atoms with Crippen LogP contribution in [0.1, 0.15) is 59.3 Å². The minimum atomic E-state index is -2.89. The van der Waals surface area contributed by atoms with E-state index in [0.29, 0.717) is 19.8 Å². The first-order valence-corrected chi connectivity index (χ1v) is 12.9. The summed E-state index contributed by atoms with van der Waals surface area (Å²) in [6.07, 6.45) is 6.42. The molecular weight excluding hydrogens is 546 g/mol. The number of halogens is 2. The van der Waals surface area contributed by atoms with Crippen LogP contribution in [0.4, 0.5) is 0 Å². The largest absolute Gasteiger partial charge is 0.539 e. The van der Waals surface area contributed by atoms with Crippen molar-refractivity contribution >= 4 is 59.2 Å². The molecule has 0 aliphatic rings. The van der Waals surface area contributed by atoms with Gasteiger partial charge in [-0.05, 0) is 76.6 Å². The number of rotatable bonds is 13. The fourth-order valence-corrected chi connectivity index (χ4v) is 8.35. The van der Waals surface area contributed by atoms with Crippen LogP contribution in [0.3, 0.4) is 0 Å². The highest BCUT2D eigenvalue weighted by molar-refractivity contribution is 14.1. The molecule has 0 unspecified atom stereocenters.